The molecule has 0 aromatic rings. The molecule has 2 aliphatic rings. The van der Waals surface area contributed by atoms with E-state index in [1.807, 2.05) is 7.05 Å². The van der Waals surface area contributed by atoms with E-state index in [-0.39, 0.29) is 12.5 Å². The van der Waals surface area contributed by atoms with Crippen molar-refractivity contribution in [1.29, 1.82) is 0 Å². The molecule has 1 saturated heterocycles. The highest BCUT2D eigenvalue weighted by Crippen LogP contribution is 2.40. The highest BCUT2D eigenvalue weighted by Gasteiger charge is 2.46. The molecule has 0 aromatic heterocycles. The van der Waals surface area contributed by atoms with E-state index in [9.17, 15) is 8.78 Å². The second-order valence-corrected chi connectivity index (χ2v) is 5.32. The smallest absolute Gasteiger partial charge is 0.252 e. The summed E-state index contributed by atoms with van der Waals surface area (Å²) in [4.78, 5) is 2.19. The van der Waals surface area contributed by atoms with Gasteiger partial charge in [-0.15, -0.1) is 0 Å². The van der Waals surface area contributed by atoms with Crippen LogP contribution in [0.15, 0.2) is 0 Å². The van der Waals surface area contributed by atoms with Crippen LogP contribution in [-0.4, -0.2) is 43.0 Å². The number of alkyl halides is 2. The zero-order chi connectivity index (χ0) is 11.8. The molecule has 3 atom stereocenters. The van der Waals surface area contributed by atoms with Crippen molar-refractivity contribution in [3.05, 3.63) is 0 Å². The Bertz CT molecular complexity index is 239. The maximum absolute atomic E-state index is 13.7. The van der Waals surface area contributed by atoms with Gasteiger partial charge < -0.3 is 5.32 Å². The summed E-state index contributed by atoms with van der Waals surface area (Å²) in [6.07, 6.45) is 2.74. The van der Waals surface area contributed by atoms with E-state index in [0.717, 1.165) is 25.9 Å². The van der Waals surface area contributed by atoms with Crippen molar-refractivity contribution >= 4 is 0 Å². The first-order chi connectivity index (χ1) is 7.52. The van der Waals surface area contributed by atoms with Crippen molar-refractivity contribution in [1.82, 2.24) is 10.2 Å². The molecule has 1 aliphatic heterocycles. The van der Waals surface area contributed by atoms with Crippen LogP contribution in [0.1, 0.15) is 32.6 Å². The number of likely N-dealkylation sites (N-methyl/N-ethyl adjacent to an activating group) is 1. The fourth-order valence-corrected chi connectivity index (χ4v) is 3.12. The summed E-state index contributed by atoms with van der Waals surface area (Å²) in [5.41, 5.74) is 0. The van der Waals surface area contributed by atoms with Crippen LogP contribution < -0.4 is 5.32 Å². The van der Waals surface area contributed by atoms with Crippen molar-refractivity contribution in [2.75, 3.05) is 20.1 Å². The van der Waals surface area contributed by atoms with Gasteiger partial charge in [0.25, 0.3) is 5.92 Å². The summed E-state index contributed by atoms with van der Waals surface area (Å²) in [7, 11) is 2.01. The third kappa shape index (κ3) is 2.23. The van der Waals surface area contributed by atoms with E-state index < -0.39 is 11.8 Å². The maximum Gasteiger partial charge on any atom is 0.252 e. The predicted octanol–water partition coefficient (Wildman–Crippen LogP) is 2.10. The van der Waals surface area contributed by atoms with Crippen LogP contribution in [0.4, 0.5) is 8.78 Å². The minimum atomic E-state index is -2.47. The summed E-state index contributed by atoms with van der Waals surface area (Å²) in [5, 5.41) is 3.30. The minimum absolute atomic E-state index is 0.0497. The van der Waals surface area contributed by atoms with Crippen molar-refractivity contribution in [3.63, 3.8) is 0 Å². The molecule has 0 spiro atoms. The molecule has 1 saturated carbocycles. The maximum atomic E-state index is 13.7. The Hall–Kier alpha value is -0.220. The molecular weight excluding hydrogens is 210 g/mol. The van der Waals surface area contributed by atoms with Crippen molar-refractivity contribution < 1.29 is 8.78 Å². The molecule has 94 valence electrons. The highest BCUT2D eigenvalue weighted by atomic mass is 19.3. The Balaban J connectivity index is 2.01. The van der Waals surface area contributed by atoms with Crippen molar-refractivity contribution in [3.8, 4) is 0 Å². The molecule has 1 aliphatic carbocycles. The molecule has 2 rings (SSSR count). The minimum Gasteiger partial charge on any atom is -0.315 e. The van der Waals surface area contributed by atoms with Crippen molar-refractivity contribution in [2.24, 2.45) is 5.92 Å². The molecule has 16 heavy (non-hydrogen) atoms. The Morgan fingerprint density at radius 2 is 2.06 bits per heavy atom. The number of halogens is 2. The second-order valence-electron chi connectivity index (χ2n) is 5.32. The Morgan fingerprint density at radius 1 is 1.31 bits per heavy atom. The van der Waals surface area contributed by atoms with Gasteiger partial charge in [-0.05, 0) is 32.9 Å². The zero-order valence-corrected chi connectivity index (χ0v) is 10.2. The van der Waals surface area contributed by atoms with E-state index in [4.69, 9.17) is 0 Å². The molecule has 2 fully saturated rings. The summed E-state index contributed by atoms with van der Waals surface area (Å²) in [6.45, 7) is 3.68. The summed E-state index contributed by atoms with van der Waals surface area (Å²) in [6, 6.07) is 0.495. The number of nitrogens with one attached hydrogen (secondary N) is 1. The molecule has 0 unspecified atom stereocenters. The van der Waals surface area contributed by atoms with Crippen LogP contribution in [0, 0.1) is 5.92 Å². The molecule has 2 nitrogen and oxygen atoms in total. The van der Waals surface area contributed by atoms with E-state index in [2.05, 4.69) is 10.2 Å². The first-order valence-corrected chi connectivity index (χ1v) is 6.33. The normalized spacial score (nSPS) is 39.2. The number of rotatable bonds is 2. The van der Waals surface area contributed by atoms with Crippen LogP contribution in [0.5, 0.6) is 0 Å². The quantitative estimate of drug-likeness (QED) is 0.784. The summed E-state index contributed by atoms with van der Waals surface area (Å²) in [5.74, 6) is -2.98. The van der Waals surface area contributed by atoms with E-state index in [1.165, 1.54) is 0 Å². The molecule has 0 bridgehead atoms. The number of hydrogen-bond donors (Lipinski definition) is 1. The van der Waals surface area contributed by atoms with Gasteiger partial charge in [-0.2, -0.15) is 0 Å². The third-order valence-electron chi connectivity index (χ3n) is 4.39. The van der Waals surface area contributed by atoms with Gasteiger partial charge in [0.1, 0.15) is 0 Å². The monoisotopic (exact) mass is 232 g/mol. The molecular formula is C12H22F2N2. The Labute approximate surface area is 96.4 Å². The second kappa shape index (κ2) is 4.57. The van der Waals surface area contributed by atoms with Gasteiger partial charge in [0.05, 0.1) is 0 Å². The van der Waals surface area contributed by atoms with E-state index in [1.54, 1.807) is 6.92 Å². The zero-order valence-electron chi connectivity index (χ0n) is 10.2. The van der Waals surface area contributed by atoms with E-state index >= 15 is 0 Å². The lowest BCUT2D eigenvalue weighted by Crippen LogP contribution is -2.51. The molecule has 0 amide bonds. The van der Waals surface area contributed by atoms with Crippen LogP contribution in [0.2, 0.25) is 0 Å². The van der Waals surface area contributed by atoms with E-state index in [0.29, 0.717) is 12.5 Å². The topological polar surface area (TPSA) is 15.3 Å². The summed E-state index contributed by atoms with van der Waals surface area (Å²) >= 11 is 0. The Morgan fingerprint density at radius 3 is 2.69 bits per heavy atom. The van der Waals surface area contributed by atoms with Gasteiger partial charge in [-0.3, -0.25) is 4.90 Å². The Kier molecular flexibility index (Phi) is 3.50. The standard InChI is InChI=1S/C12H22F2N2/c1-9-11(4-3-6-12(9,13)14)16(2)10-5-7-15-8-10/h9-11,15H,3-8H2,1-2H3/t9-,10+,11+/m1/s1. The lowest BCUT2D eigenvalue weighted by Gasteiger charge is -2.43. The highest BCUT2D eigenvalue weighted by molar-refractivity contribution is 4.93. The molecule has 1 N–H and O–H groups in total. The molecule has 0 aromatic carbocycles. The van der Waals surface area contributed by atoms with Gasteiger partial charge in [-0.1, -0.05) is 6.92 Å². The first-order valence-electron chi connectivity index (χ1n) is 6.33. The van der Waals surface area contributed by atoms with Crippen LogP contribution in [0.25, 0.3) is 0 Å². The predicted molar refractivity (Wildman–Crippen MR) is 60.8 cm³/mol. The van der Waals surface area contributed by atoms with Crippen molar-refractivity contribution in [2.45, 2.75) is 50.6 Å². The SMILES string of the molecule is C[C@@H]1[C@@H](N(C)[C@H]2CCNC2)CCCC1(F)F. The average Bonchev–Trinajstić information content (AvgIpc) is 2.74. The van der Waals surface area contributed by atoms with Crippen LogP contribution in [0.3, 0.4) is 0 Å². The molecule has 0 radical (unpaired) electrons. The van der Waals surface area contributed by atoms with Crippen LogP contribution >= 0.6 is 0 Å². The fraction of sp³-hybridized carbons (Fsp3) is 1.00. The van der Waals surface area contributed by atoms with Gasteiger partial charge in [0.2, 0.25) is 0 Å². The number of nitrogens with zero attached hydrogens (tertiary/aromatic N) is 1. The van der Waals surface area contributed by atoms with Gasteiger partial charge in [0, 0.05) is 31.0 Å². The third-order valence-corrected chi connectivity index (χ3v) is 4.39. The van der Waals surface area contributed by atoms with Gasteiger partial charge in [0.15, 0.2) is 0 Å². The largest absolute Gasteiger partial charge is 0.315 e. The van der Waals surface area contributed by atoms with Gasteiger partial charge >= 0.3 is 0 Å². The molecule has 4 heteroatoms. The number of hydrogen-bond acceptors (Lipinski definition) is 2. The molecule has 1 heterocycles. The first kappa shape index (κ1) is 12.2. The average molecular weight is 232 g/mol. The fourth-order valence-electron chi connectivity index (χ4n) is 3.12. The van der Waals surface area contributed by atoms with Gasteiger partial charge in [-0.25, -0.2) is 8.78 Å². The lowest BCUT2D eigenvalue weighted by atomic mass is 9.81. The summed E-state index contributed by atoms with van der Waals surface area (Å²) < 4.78 is 27.3. The van der Waals surface area contributed by atoms with Crippen LogP contribution in [-0.2, 0) is 0 Å². The lowest BCUT2D eigenvalue weighted by molar-refractivity contribution is -0.113.